The van der Waals surface area contributed by atoms with Crippen molar-refractivity contribution in [3.63, 3.8) is 0 Å². The normalized spacial score (nSPS) is 10.6. The fraction of sp³-hybridized carbons (Fsp3) is 0.273. The number of anilines is 1. The zero-order chi connectivity index (χ0) is 21.5. The van der Waals surface area contributed by atoms with E-state index in [1.54, 1.807) is 18.2 Å². The van der Waals surface area contributed by atoms with Crippen molar-refractivity contribution in [1.82, 2.24) is 19.7 Å². The van der Waals surface area contributed by atoms with Crippen molar-refractivity contribution in [2.45, 2.75) is 32.5 Å². The Morgan fingerprint density at radius 1 is 1.13 bits per heavy atom. The lowest BCUT2D eigenvalue weighted by Crippen LogP contribution is -2.28. The minimum absolute atomic E-state index is 0.00428. The number of hydrogen-bond donors (Lipinski definition) is 1. The second-order valence-corrected chi connectivity index (χ2v) is 7.79. The topological polar surface area (TPSA) is 80.1 Å². The highest BCUT2D eigenvalue weighted by Gasteiger charge is 2.14. The third kappa shape index (κ3) is 5.48. The van der Waals surface area contributed by atoms with E-state index in [1.165, 1.54) is 17.3 Å². The number of carbonyl (C=O) groups excluding carboxylic acids is 2. The summed E-state index contributed by atoms with van der Waals surface area (Å²) < 4.78 is 1.86. The predicted octanol–water partition coefficient (Wildman–Crippen LogP) is 3.67. The molecule has 0 aliphatic rings. The second-order valence-electron chi connectivity index (χ2n) is 6.85. The standard InChI is InChI=1S/C22H25N5O2S/c1-4-26(17(3)28)13-18-7-5-6-8-20(18)24-21(29)14-30-22-25-23-15-27(22)19-11-9-16(2)10-12-19/h5-12,15H,4,13-14H2,1-3H3,(H,24,29). The molecule has 0 aliphatic heterocycles. The van der Waals surface area contributed by atoms with Crippen molar-refractivity contribution in [3.8, 4) is 5.69 Å². The molecule has 0 saturated heterocycles. The van der Waals surface area contributed by atoms with Gasteiger partial charge >= 0.3 is 0 Å². The summed E-state index contributed by atoms with van der Waals surface area (Å²) in [5, 5.41) is 11.7. The van der Waals surface area contributed by atoms with Crippen LogP contribution in [0.1, 0.15) is 25.0 Å². The summed E-state index contributed by atoms with van der Waals surface area (Å²) in [6.07, 6.45) is 1.64. The number of aryl methyl sites for hydroxylation is 1. The summed E-state index contributed by atoms with van der Waals surface area (Å²) in [6.45, 7) is 6.58. The minimum Gasteiger partial charge on any atom is -0.339 e. The number of nitrogens with one attached hydrogen (secondary N) is 1. The smallest absolute Gasteiger partial charge is 0.234 e. The Morgan fingerprint density at radius 2 is 1.87 bits per heavy atom. The number of carbonyl (C=O) groups is 2. The molecule has 0 spiro atoms. The first-order valence-electron chi connectivity index (χ1n) is 9.71. The minimum atomic E-state index is -0.142. The number of para-hydroxylation sites is 1. The highest BCUT2D eigenvalue weighted by molar-refractivity contribution is 7.99. The van der Waals surface area contributed by atoms with E-state index >= 15 is 0 Å². The van der Waals surface area contributed by atoms with Gasteiger partial charge in [0.05, 0.1) is 5.75 Å². The van der Waals surface area contributed by atoms with Crippen LogP contribution in [-0.2, 0) is 16.1 Å². The molecule has 3 rings (SSSR count). The molecule has 156 valence electrons. The van der Waals surface area contributed by atoms with Gasteiger partial charge in [-0.2, -0.15) is 0 Å². The largest absolute Gasteiger partial charge is 0.339 e. The molecule has 1 N–H and O–H groups in total. The molecule has 0 radical (unpaired) electrons. The van der Waals surface area contributed by atoms with Gasteiger partial charge in [-0.15, -0.1) is 10.2 Å². The van der Waals surface area contributed by atoms with Crippen LogP contribution in [0, 0.1) is 6.92 Å². The number of nitrogens with zero attached hydrogens (tertiary/aromatic N) is 4. The van der Waals surface area contributed by atoms with Crippen molar-refractivity contribution in [3.05, 3.63) is 66.0 Å². The summed E-state index contributed by atoms with van der Waals surface area (Å²) in [7, 11) is 0. The monoisotopic (exact) mass is 423 g/mol. The molecule has 0 aliphatic carbocycles. The van der Waals surface area contributed by atoms with Crippen LogP contribution in [0.2, 0.25) is 0 Å². The summed E-state index contributed by atoms with van der Waals surface area (Å²) >= 11 is 1.32. The highest BCUT2D eigenvalue weighted by atomic mass is 32.2. The maximum Gasteiger partial charge on any atom is 0.234 e. The molecular weight excluding hydrogens is 398 g/mol. The molecule has 2 aromatic carbocycles. The molecule has 1 heterocycles. The van der Waals surface area contributed by atoms with Crippen molar-refractivity contribution in [1.29, 1.82) is 0 Å². The van der Waals surface area contributed by atoms with Crippen molar-refractivity contribution in [2.75, 3.05) is 17.6 Å². The Morgan fingerprint density at radius 3 is 2.57 bits per heavy atom. The Bertz CT molecular complexity index is 1020. The van der Waals surface area contributed by atoms with Gasteiger partial charge in [0.1, 0.15) is 6.33 Å². The number of thioether (sulfide) groups is 1. The number of aromatic nitrogens is 3. The molecule has 0 atom stereocenters. The molecule has 30 heavy (non-hydrogen) atoms. The van der Waals surface area contributed by atoms with Crippen LogP contribution >= 0.6 is 11.8 Å². The quantitative estimate of drug-likeness (QED) is 0.559. The Labute approximate surface area is 180 Å². The van der Waals surface area contributed by atoms with Gasteiger partial charge in [-0.25, -0.2) is 0 Å². The molecule has 7 nitrogen and oxygen atoms in total. The van der Waals surface area contributed by atoms with Crippen molar-refractivity contribution >= 4 is 29.3 Å². The first kappa shape index (κ1) is 21.6. The van der Waals surface area contributed by atoms with Gasteiger partial charge in [-0.05, 0) is 37.6 Å². The number of amides is 2. The summed E-state index contributed by atoms with van der Waals surface area (Å²) in [4.78, 5) is 26.0. The Kier molecular flexibility index (Phi) is 7.24. The summed E-state index contributed by atoms with van der Waals surface area (Å²) in [6, 6.07) is 15.6. The molecule has 1 aromatic heterocycles. The van der Waals surface area contributed by atoms with Crippen LogP contribution in [0.15, 0.2) is 60.0 Å². The molecule has 3 aromatic rings. The van der Waals surface area contributed by atoms with Crippen LogP contribution in [0.25, 0.3) is 5.69 Å². The fourth-order valence-corrected chi connectivity index (χ4v) is 3.68. The first-order chi connectivity index (χ1) is 14.5. The maximum atomic E-state index is 12.6. The van der Waals surface area contributed by atoms with Crippen LogP contribution in [0.5, 0.6) is 0 Å². The van der Waals surface area contributed by atoms with Gasteiger partial charge in [0, 0.05) is 31.4 Å². The van der Waals surface area contributed by atoms with E-state index in [2.05, 4.69) is 15.5 Å². The summed E-state index contributed by atoms with van der Waals surface area (Å²) in [5.41, 5.74) is 3.73. The molecule has 0 fully saturated rings. The molecular formula is C22H25N5O2S. The lowest BCUT2D eigenvalue weighted by molar-refractivity contribution is -0.129. The van der Waals surface area contributed by atoms with Gasteiger partial charge < -0.3 is 10.2 Å². The van der Waals surface area contributed by atoms with E-state index in [-0.39, 0.29) is 17.6 Å². The van der Waals surface area contributed by atoms with Crippen LogP contribution in [0.3, 0.4) is 0 Å². The van der Waals surface area contributed by atoms with E-state index < -0.39 is 0 Å². The Balaban J connectivity index is 1.65. The van der Waals surface area contributed by atoms with E-state index in [0.717, 1.165) is 11.3 Å². The van der Waals surface area contributed by atoms with Gasteiger partial charge in [-0.3, -0.25) is 14.2 Å². The predicted molar refractivity (Wildman–Crippen MR) is 119 cm³/mol. The van der Waals surface area contributed by atoms with Crippen LogP contribution in [0.4, 0.5) is 5.69 Å². The third-order valence-corrected chi connectivity index (χ3v) is 5.58. The van der Waals surface area contributed by atoms with Crippen molar-refractivity contribution < 1.29 is 9.59 Å². The maximum absolute atomic E-state index is 12.6. The number of hydrogen-bond acceptors (Lipinski definition) is 5. The van der Waals surface area contributed by atoms with E-state index in [4.69, 9.17) is 0 Å². The van der Waals surface area contributed by atoms with Gasteiger partial charge in [0.15, 0.2) is 5.16 Å². The third-order valence-electron chi connectivity index (χ3n) is 4.64. The molecule has 2 amide bonds. The van der Waals surface area contributed by atoms with Gasteiger partial charge in [0.2, 0.25) is 11.8 Å². The number of rotatable bonds is 8. The Hall–Kier alpha value is -3.13. The lowest BCUT2D eigenvalue weighted by Gasteiger charge is -2.21. The summed E-state index contributed by atoms with van der Waals surface area (Å²) in [5.74, 6) is 0.0599. The number of benzene rings is 2. The fourth-order valence-electron chi connectivity index (χ4n) is 2.95. The SMILES string of the molecule is CCN(Cc1ccccc1NC(=O)CSc1nncn1-c1ccc(C)cc1)C(C)=O. The second kappa shape index (κ2) is 10.1. The average molecular weight is 424 g/mol. The first-order valence-corrected chi connectivity index (χ1v) is 10.7. The molecule has 0 saturated carbocycles. The highest BCUT2D eigenvalue weighted by Crippen LogP contribution is 2.21. The van der Waals surface area contributed by atoms with Gasteiger partial charge in [-0.1, -0.05) is 47.7 Å². The lowest BCUT2D eigenvalue weighted by atomic mass is 10.1. The average Bonchev–Trinajstić information content (AvgIpc) is 3.20. The molecule has 8 heteroatoms. The van der Waals surface area contributed by atoms with E-state index in [1.807, 2.05) is 66.9 Å². The zero-order valence-electron chi connectivity index (χ0n) is 17.3. The molecule has 0 unspecified atom stereocenters. The van der Waals surface area contributed by atoms with Crippen molar-refractivity contribution in [2.24, 2.45) is 0 Å². The zero-order valence-corrected chi connectivity index (χ0v) is 18.1. The molecule has 0 bridgehead atoms. The van der Waals surface area contributed by atoms with Gasteiger partial charge in [0.25, 0.3) is 0 Å². The van der Waals surface area contributed by atoms with Crippen LogP contribution in [-0.4, -0.2) is 43.8 Å². The van der Waals surface area contributed by atoms with E-state index in [0.29, 0.717) is 23.9 Å². The van der Waals surface area contributed by atoms with Crippen LogP contribution < -0.4 is 5.32 Å². The van der Waals surface area contributed by atoms with E-state index in [9.17, 15) is 9.59 Å².